The monoisotopic (exact) mass is 514 g/mol. The van der Waals surface area contributed by atoms with Crippen molar-refractivity contribution in [2.75, 3.05) is 7.11 Å². The van der Waals surface area contributed by atoms with Crippen molar-refractivity contribution < 1.29 is 23.9 Å². The number of halogens is 1. The van der Waals surface area contributed by atoms with Crippen molar-refractivity contribution in [3.05, 3.63) is 35.0 Å². The highest BCUT2D eigenvalue weighted by Gasteiger charge is 2.48. The number of para-hydroxylation sites is 1. The van der Waals surface area contributed by atoms with E-state index in [4.69, 9.17) is 16.3 Å². The van der Waals surface area contributed by atoms with Crippen LogP contribution < -0.4 is 16.0 Å². The number of benzene rings is 1. The fraction of sp³-hybridized carbons (Fsp3) is 0.538. The Hall–Kier alpha value is -3.07. The Labute approximate surface area is 214 Å². The number of carbonyl (C=O) groups is 4. The second-order valence-corrected chi connectivity index (χ2v) is 10.8. The maximum atomic E-state index is 13.3. The van der Waals surface area contributed by atoms with Crippen LogP contribution in [0.15, 0.2) is 24.3 Å². The van der Waals surface area contributed by atoms with Crippen LogP contribution in [0.3, 0.4) is 0 Å². The third kappa shape index (κ3) is 5.36. The lowest BCUT2D eigenvalue weighted by atomic mass is 9.87. The van der Waals surface area contributed by atoms with Crippen LogP contribution in [-0.4, -0.2) is 53.4 Å². The maximum Gasteiger partial charge on any atom is 0.328 e. The molecule has 1 aromatic carbocycles. The standard InChI is InChI=1S/C26H31ClN4O5/c1-36-25(35)20(13-16-7-8-26(9-10-26)31-22(16)32)30-23(33)18(11-14-5-6-14)29-24(34)19-12-15-3-2-4-17(27)21(15)28-19/h2-4,12,14,16,18,20,28H,5-11,13H2,1H3,(H,29,34)(H,30,33)(H,31,32)/t16?,18-,20-/m0/s1. The third-order valence-corrected chi connectivity index (χ3v) is 7.96. The Kier molecular flexibility index (Phi) is 6.68. The van der Waals surface area contributed by atoms with Crippen molar-refractivity contribution in [2.24, 2.45) is 11.8 Å². The number of aromatic amines is 1. The fourth-order valence-corrected chi connectivity index (χ4v) is 5.30. The number of esters is 1. The normalized spacial score (nSPS) is 21.9. The molecule has 2 aliphatic carbocycles. The zero-order valence-electron chi connectivity index (χ0n) is 20.2. The number of rotatable bonds is 9. The number of methoxy groups -OCH3 is 1. The van der Waals surface area contributed by atoms with Gasteiger partial charge in [-0.2, -0.15) is 0 Å². The highest BCUT2D eigenvalue weighted by molar-refractivity contribution is 6.35. The van der Waals surface area contributed by atoms with Crippen LogP contribution in [0.5, 0.6) is 0 Å². The molecule has 1 aliphatic heterocycles. The summed E-state index contributed by atoms with van der Waals surface area (Å²) in [5, 5.41) is 9.95. The highest BCUT2D eigenvalue weighted by Crippen LogP contribution is 2.44. The molecule has 192 valence electrons. The SMILES string of the molecule is COC(=O)[C@H](CC1CCC2(CC2)NC1=O)NC(=O)[C@H](CC1CC1)NC(=O)c1cc2cccc(Cl)c2[nH]1. The molecule has 1 unspecified atom stereocenters. The zero-order valence-corrected chi connectivity index (χ0v) is 21.0. The van der Waals surface area contributed by atoms with E-state index in [1.54, 1.807) is 18.2 Å². The molecule has 4 N–H and O–H groups in total. The van der Waals surface area contributed by atoms with E-state index >= 15 is 0 Å². The van der Waals surface area contributed by atoms with Gasteiger partial charge in [-0.1, -0.05) is 36.6 Å². The molecule has 1 spiro atoms. The number of nitrogens with one attached hydrogen (secondary N) is 4. The summed E-state index contributed by atoms with van der Waals surface area (Å²) in [5.41, 5.74) is 0.894. The second-order valence-electron chi connectivity index (χ2n) is 10.4. The van der Waals surface area contributed by atoms with Gasteiger partial charge in [0.1, 0.15) is 17.8 Å². The van der Waals surface area contributed by atoms with Crippen molar-refractivity contribution in [2.45, 2.75) is 69.0 Å². The van der Waals surface area contributed by atoms with E-state index in [0.717, 1.165) is 37.5 Å². The minimum absolute atomic E-state index is 0.0515. The van der Waals surface area contributed by atoms with Crippen molar-refractivity contribution >= 4 is 46.2 Å². The molecule has 3 aliphatic rings. The molecule has 9 nitrogen and oxygen atoms in total. The lowest BCUT2D eigenvalue weighted by Crippen LogP contribution is -2.54. The smallest absolute Gasteiger partial charge is 0.328 e. The van der Waals surface area contributed by atoms with Crippen LogP contribution in [0.2, 0.25) is 5.02 Å². The Bertz CT molecular complexity index is 1200. The second kappa shape index (κ2) is 9.76. The van der Waals surface area contributed by atoms with Crippen molar-refractivity contribution in [1.82, 2.24) is 20.9 Å². The number of hydrogen-bond donors (Lipinski definition) is 4. The van der Waals surface area contributed by atoms with Gasteiger partial charge in [-0.05, 0) is 56.6 Å². The van der Waals surface area contributed by atoms with Crippen LogP contribution in [0.4, 0.5) is 0 Å². The molecule has 2 saturated carbocycles. The van der Waals surface area contributed by atoms with Gasteiger partial charge in [0, 0.05) is 16.8 Å². The van der Waals surface area contributed by atoms with Crippen LogP contribution in [-0.2, 0) is 19.1 Å². The van der Waals surface area contributed by atoms with E-state index in [1.165, 1.54) is 7.11 Å². The minimum Gasteiger partial charge on any atom is -0.467 e. The number of hydrogen-bond acceptors (Lipinski definition) is 5. The van der Waals surface area contributed by atoms with Crippen molar-refractivity contribution in [3.8, 4) is 0 Å². The molecule has 1 aromatic heterocycles. The molecule has 2 heterocycles. The first-order chi connectivity index (χ1) is 17.3. The molecule has 3 amide bonds. The number of H-pyrrole nitrogens is 1. The van der Waals surface area contributed by atoms with Gasteiger partial charge in [0.15, 0.2) is 0 Å². The van der Waals surface area contributed by atoms with Crippen LogP contribution >= 0.6 is 11.6 Å². The summed E-state index contributed by atoms with van der Waals surface area (Å²) in [6.45, 7) is 0. The third-order valence-electron chi connectivity index (χ3n) is 7.64. The van der Waals surface area contributed by atoms with Crippen LogP contribution in [0.25, 0.3) is 10.9 Å². The predicted octanol–water partition coefficient (Wildman–Crippen LogP) is 2.83. The Morgan fingerprint density at radius 1 is 1.11 bits per heavy atom. The van der Waals surface area contributed by atoms with Crippen LogP contribution in [0, 0.1) is 11.8 Å². The van der Waals surface area contributed by atoms with Gasteiger partial charge >= 0.3 is 5.97 Å². The summed E-state index contributed by atoms with van der Waals surface area (Å²) < 4.78 is 4.92. The fourth-order valence-electron chi connectivity index (χ4n) is 5.07. The largest absolute Gasteiger partial charge is 0.467 e. The summed E-state index contributed by atoms with van der Waals surface area (Å²) in [7, 11) is 1.26. The number of carbonyl (C=O) groups excluding carboxylic acids is 4. The summed E-state index contributed by atoms with van der Waals surface area (Å²) in [6, 6.07) is 5.26. The van der Waals surface area contributed by atoms with Gasteiger partial charge in [-0.15, -0.1) is 0 Å². The molecule has 0 bridgehead atoms. The molecular weight excluding hydrogens is 484 g/mol. The highest BCUT2D eigenvalue weighted by atomic mass is 35.5. The molecule has 36 heavy (non-hydrogen) atoms. The molecule has 2 aromatic rings. The molecular formula is C26H31ClN4O5. The molecule has 1 saturated heterocycles. The van der Waals surface area contributed by atoms with E-state index in [2.05, 4.69) is 20.9 Å². The Balaban J connectivity index is 1.27. The summed E-state index contributed by atoms with van der Waals surface area (Å²) in [5.74, 6) is -1.62. The van der Waals surface area contributed by atoms with Crippen molar-refractivity contribution in [3.63, 3.8) is 0 Å². The number of aromatic nitrogens is 1. The quantitative estimate of drug-likeness (QED) is 0.382. The molecule has 5 rings (SSSR count). The summed E-state index contributed by atoms with van der Waals surface area (Å²) in [4.78, 5) is 54.5. The van der Waals surface area contributed by atoms with Gasteiger partial charge in [0.2, 0.25) is 11.8 Å². The number of ether oxygens (including phenoxy) is 1. The Morgan fingerprint density at radius 3 is 2.53 bits per heavy atom. The minimum atomic E-state index is -0.975. The molecule has 0 radical (unpaired) electrons. The average Bonchev–Trinajstić information content (AvgIpc) is 3.78. The lowest BCUT2D eigenvalue weighted by molar-refractivity contribution is -0.146. The molecule has 3 atom stereocenters. The Morgan fingerprint density at radius 2 is 1.89 bits per heavy atom. The van der Waals surface area contributed by atoms with E-state index < -0.39 is 29.9 Å². The van der Waals surface area contributed by atoms with Gasteiger partial charge in [-0.25, -0.2) is 4.79 Å². The van der Waals surface area contributed by atoms with Gasteiger partial charge in [0.25, 0.3) is 5.91 Å². The summed E-state index contributed by atoms with van der Waals surface area (Å²) >= 11 is 6.22. The first-order valence-corrected chi connectivity index (χ1v) is 12.9. The van der Waals surface area contributed by atoms with Crippen molar-refractivity contribution in [1.29, 1.82) is 0 Å². The van der Waals surface area contributed by atoms with E-state index in [1.807, 2.05) is 6.07 Å². The first-order valence-electron chi connectivity index (χ1n) is 12.6. The maximum absolute atomic E-state index is 13.3. The number of fused-ring (bicyclic) bond motifs is 1. The van der Waals surface area contributed by atoms with E-state index in [9.17, 15) is 19.2 Å². The van der Waals surface area contributed by atoms with Gasteiger partial charge in [0.05, 0.1) is 17.6 Å². The van der Waals surface area contributed by atoms with E-state index in [0.29, 0.717) is 35.0 Å². The van der Waals surface area contributed by atoms with Gasteiger partial charge in [-0.3, -0.25) is 14.4 Å². The average molecular weight is 515 g/mol. The van der Waals surface area contributed by atoms with Gasteiger partial charge < -0.3 is 25.7 Å². The predicted molar refractivity (Wildman–Crippen MR) is 133 cm³/mol. The lowest BCUT2D eigenvalue weighted by Gasteiger charge is -2.31. The topological polar surface area (TPSA) is 129 Å². The molecule has 3 fully saturated rings. The van der Waals surface area contributed by atoms with E-state index in [-0.39, 0.29) is 23.8 Å². The number of piperidine rings is 1. The number of amides is 3. The first kappa shape index (κ1) is 24.6. The zero-order chi connectivity index (χ0) is 25.4. The molecule has 10 heteroatoms. The van der Waals surface area contributed by atoms with Crippen LogP contribution in [0.1, 0.15) is 61.9 Å². The summed E-state index contributed by atoms with van der Waals surface area (Å²) in [6.07, 6.45) is 6.14.